The molecule has 2 heterocycles. The molecule has 0 saturated carbocycles. The lowest BCUT2D eigenvalue weighted by Gasteiger charge is -2.06. The number of hydrogen-bond acceptors (Lipinski definition) is 7. The van der Waals surface area contributed by atoms with Crippen molar-refractivity contribution in [2.24, 2.45) is 0 Å². The quantitative estimate of drug-likeness (QED) is 0.719. The molecule has 3 aromatic rings. The van der Waals surface area contributed by atoms with Crippen LogP contribution in [0, 0.1) is 6.92 Å². The average molecular weight is 314 g/mol. The molecular formula is C15H14N4O2S. The highest BCUT2D eigenvalue weighted by atomic mass is 32.1. The van der Waals surface area contributed by atoms with Crippen LogP contribution in [0.15, 0.2) is 36.5 Å². The number of benzene rings is 1. The van der Waals surface area contributed by atoms with Gasteiger partial charge in [0.2, 0.25) is 5.95 Å². The van der Waals surface area contributed by atoms with Crippen molar-refractivity contribution >= 4 is 23.0 Å². The highest BCUT2D eigenvalue weighted by molar-refractivity contribution is 7.17. The van der Waals surface area contributed by atoms with Crippen LogP contribution >= 0.6 is 11.3 Å². The summed E-state index contributed by atoms with van der Waals surface area (Å²) in [5.41, 5.74) is 2.46. The van der Waals surface area contributed by atoms with Crippen LogP contribution in [0.4, 0.5) is 11.6 Å². The van der Waals surface area contributed by atoms with E-state index in [0.717, 1.165) is 22.0 Å². The first-order chi connectivity index (χ1) is 10.7. The zero-order valence-corrected chi connectivity index (χ0v) is 12.9. The molecule has 2 N–H and O–H groups in total. The summed E-state index contributed by atoms with van der Waals surface area (Å²) in [7, 11) is 1.60. The van der Waals surface area contributed by atoms with Gasteiger partial charge >= 0.3 is 0 Å². The van der Waals surface area contributed by atoms with Gasteiger partial charge in [-0.05, 0) is 37.3 Å². The Hall–Kier alpha value is -2.67. The lowest BCUT2D eigenvalue weighted by atomic mass is 10.3. The van der Waals surface area contributed by atoms with E-state index in [1.807, 2.05) is 13.0 Å². The lowest BCUT2D eigenvalue weighted by molar-refractivity contribution is 0.411. The molecule has 6 nitrogen and oxygen atoms in total. The Labute approximate surface area is 131 Å². The summed E-state index contributed by atoms with van der Waals surface area (Å²) in [5.74, 6) is 0.697. The van der Waals surface area contributed by atoms with Crippen LogP contribution in [-0.4, -0.2) is 27.2 Å². The first-order valence-corrected chi connectivity index (χ1v) is 7.38. The molecule has 0 saturated heterocycles. The fourth-order valence-electron chi connectivity index (χ4n) is 1.92. The van der Waals surface area contributed by atoms with Crippen molar-refractivity contribution in [3.05, 3.63) is 42.2 Å². The van der Waals surface area contributed by atoms with Gasteiger partial charge in [-0.25, -0.2) is 15.0 Å². The molecule has 2 aromatic heterocycles. The molecule has 0 radical (unpaired) electrons. The number of thiazole rings is 1. The van der Waals surface area contributed by atoms with Crippen LogP contribution in [0.2, 0.25) is 0 Å². The second-order valence-corrected chi connectivity index (χ2v) is 5.50. The number of hydrogen-bond donors (Lipinski definition) is 2. The second-order valence-electron chi connectivity index (χ2n) is 4.54. The number of rotatable bonds is 4. The van der Waals surface area contributed by atoms with E-state index >= 15 is 0 Å². The van der Waals surface area contributed by atoms with E-state index in [1.165, 1.54) is 11.3 Å². The van der Waals surface area contributed by atoms with Crippen molar-refractivity contribution in [2.45, 2.75) is 6.92 Å². The third-order valence-electron chi connectivity index (χ3n) is 2.96. The van der Waals surface area contributed by atoms with Gasteiger partial charge in [0.05, 0.1) is 23.4 Å². The van der Waals surface area contributed by atoms with E-state index in [0.29, 0.717) is 11.1 Å². The summed E-state index contributed by atoms with van der Waals surface area (Å²) in [4.78, 5) is 14.0. The maximum atomic E-state index is 9.30. The molecule has 0 aliphatic carbocycles. The highest BCUT2D eigenvalue weighted by Crippen LogP contribution is 2.33. The minimum absolute atomic E-state index is 0.215. The van der Waals surface area contributed by atoms with Crippen molar-refractivity contribution in [2.75, 3.05) is 12.4 Å². The molecule has 0 bridgehead atoms. The average Bonchev–Trinajstić information content (AvgIpc) is 2.91. The number of aromatic nitrogens is 3. The van der Waals surface area contributed by atoms with Crippen LogP contribution in [0.1, 0.15) is 5.69 Å². The number of phenols is 1. The summed E-state index contributed by atoms with van der Waals surface area (Å²) in [6.07, 6.45) is 1.69. The number of nitrogens with zero attached hydrogens (tertiary/aromatic N) is 3. The maximum absolute atomic E-state index is 9.30. The number of aromatic hydroxyl groups is 1. The predicted molar refractivity (Wildman–Crippen MR) is 85.8 cm³/mol. The summed E-state index contributed by atoms with van der Waals surface area (Å²) < 4.78 is 5.16. The second kappa shape index (κ2) is 5.98. The lowest BCUT2D eigenvalue weighted by Crippen LogP contribution is -1.97. The van der Waals surface area contributed by atoms with E-state index in [2.05, 4.69) is 20.3 Å². The molecule has 112 valence electrons. The molecule has 0 atom stereocenters. The fourth-order valence-corrected chi connectivity index (χ4v) is 2.77. The molecule has 0 unspecified atom stereocenters. The Morgan fingerprint density at radius 1 is 1.14 bits per heavy atom. The van der Waals surface area contributed by atoms with Gasteiger partial charge in [-0.1, -0.05) is 11.3 Å². The Balaban J connectivity index is 1.88. The molecule has 0 aliphatic heterocycles. The third kappa shape index (κ3) is 2.99. The van der Waals surface area contributed by atoms with Gasteiger partial charge in [-0.3, -0.25) is 0 Å². The molecule has 0 aliphatic rings. The Morgan fingerprint density at radius 2 is 1.91 bits per heavy atom. The van der Waals surface area contributed by atoms with Crippen molar-refractivity contribution in [3.63, 3.8) is 0 Å². The van der Waals surface area contributed by atoms with Gasteiger partial charge in [-0.2, -0.15) is 0 Å². The number of phenolic OH excluding ortho intramolecular Hbond substituents is 1. The number of anilines is 2. The zero-order chi connectivity index (χ0) is 15.5. The predicted octanol–water partition coefficient (Wildman–Crippen LogP) is 3.37. The van der Waals surface area contributed by atoms with Crippen LogP contribution in [0.3, 0.4) is 0 Å². The van der Waals surface area contributed by atoms with Crippen molar-refractivity contribution in [1.29, 1.82) is 0 Å². The smallest absolute Gasteiger partial charge is 0.273 e. The number of nitrogens with one attached hydrogen (secondary N) is 1. The Kier molecular flexibility index (Phi) is 3.88. The monoisotopic (exact) mass is 314 g/mol. The van der Waals surface area contributed by atoms with Gasteiger partial charge in [0.1, 0.15) is 5.75 Å². The largest absolute Gasteiger partial charge is 0.508 e. The minimum Gasteiger partial charge on any atom is -0.508 e. The Bertz CT molecular complexity index is 786. The van der Waals surface area contributed by atoms with E-state index < -0.39 is 0 Å². The van der Waals surface area contributed by atoms with Gasteiger partial charge < -0.3 is 15.2 Å². The molecule has 22 heavy (non-hydrogen) atoms. The van der Waals surface area contributed by atoms with Crippen molar-refractivity contribution in [3.8, 4) is 21.5 Å². The number of ether oxygens (including phenoxy) is 1. The molecule has 7 heteroatoms. The minimum atomic E-state index is 0.215. The number of aryl methyl sites for hydroxylation is 1. The normalized spacial score (nSPS) is 10.5. The highest BCUT2D eigenvalue weighted by Gasteiger charge is 2.12. The molecule has 0 spiro atoms. The molecular weight excluding hydrogens is 300 g/mol. The van der Waals surface area contributed by atoms with E-state index in [-0.39, 0.29) is 5.75 Å². The van der Waals surface area contributed by atoms with Crippen molar-refractivity contribution in [1.82, 2.24) is 15.0 Å². The van der Waals surface area contributed by atoms with Crippen LogP contribution in [0.5, 0.6) is 10.9 Å². The van der Waals surface area contributed by atoms with Crippen LogP contribution in [-0.2, 0) is 0 Å². The molecule has 1 aromatic carbocycles. The standard InChI is InChI=1S/C15H14N4O2S/c1-9-13(22-15(17-9)21-2)12-7-8-16-14(19-12)18-10-3-5-11(20)6-4-10/h3-8,20H,1-2H3,(H,16,18,19). The molecule has 0 fully saturated rings. The SMILES string of the molecule is COc1nc(C)c(-c2ccnc(Nc3ccc(O)cc3)n2)s1. The summed E-state index contributed by atoms with van der Waals surface area (Å²) in [6.45, 7) is 1.92. The maximum Gasteiger partial charge on any atom is 0.273 e. The summed E-state index contributed by atoms with van der Waals surface area (Å²) in [6, 6.07) is 8.55. The van der Waals surface area contributed by atoms with Gasteiger partial charge in [0.15, 0.2) is 0 Å². The van der Waals surface area contributed by atoms with Crippen LogP contribution < -0.4 is 10.1 Å². The van der Waals surface area contributed by atoms with Crippen LogP contribution in [0.25, 0.3) is 10.6 Å². The van der Waals surface area contributed by atoms with Gasteiger partial charge in [-0.15, -0.1) is 0 Å². The Morgan fingerprint density at radius 3 is 2.59 bits per heavy atom. The summed E-state index contributed by atoms with van der Waals surface area (Å²) >= 11 is 1.45. The topological polar surface area (TPSA) is 80.2 Å². The van der Waals surface area contributed by atoms with Gasteiger partial charge in [0, 0.05) is 11.9 Å². The molecule has 0 amide bonds. The number of methoxy groups -OCH3 is 1. The van der Waals surface area contributed by atoms with E-state index in [9.17, 15) is 5.11 Å². The van der Waals surface area contributed by atoms with Gasteiger partial charge in [0.25, 0.3) is 5.19 Å². The first kappa shape index (κ1) is 14.3. The first-order valence-electron chi connectivity index (χ1n) is 6.56. The van der Waals surface area contributed by atoms with E-state index in [4.69, 9.17) is 4.74 Å². The summed E-state index contributed by atoms with van der Waals surface area (Å²) in [5, 5.41) is 13.0. The fraction of sp³-hybridized carbons (Fsp3) is 0.133. The van der Waals surface area contributed by atoms with Crippen molar-refractivity contribution < 1.29 is 9.84 Å². The van der Waals surface area contributed by atoms with E-state index in [1.54, 1.807) is 37.6 Å². The zero-order valence-electron chi connectivity index (χ0n) is 12.1. The molecule has 3 rings (SSSR count). The third-order valence-corrected chi connectivity index (χ3v) is 4.10.